The second-order valence-electron chi connectivity index (χ2n) is 3.79. The van der Waals surface area contributed by atoms with Crippen molar-refractivity contribution in [3.8, 4) is 0 Å². The molecular formula is C9H13N5O4P+. The van der Waals surface area contributed by atoms with Gasteiger partial charge in [-0.2, -0.15) is 0 Å². The molecule has 10 heteroatoms. The normalized spacial score (nSPS) is 13.7. The van der Waals surface area contributed by atoms with Crippen LogP contribution >= 0.6 is 8.25 Å². The van der Waals surface area contributed by atoms with Crippen LogP contribution in [0.25, 0.3) is 11.2 Å². The number of nitrogen functional groups attached to an aromatic ring is 1. The summed E-state index contributed by atoms with van der Waals surface area (Å²) in [5.41, 5.74) is 6.82. The Labute approximate surface area is 109 Å². The lowest BCUT2D eigenvalue weighted by Gasteiger charge is -2.11. The van der Waals surface area contributed by atoms with Gasteiger partial charge in [0.25, 0.3) is 0 Å². The van der Waals surface area contributed by atoms with Crippen molar-refractivity contribution in [2.75, 3.05) is 12.5 Å². The molecule has 0 radical (unpaired) electrons. The first-order chi connectivity index (χ1) is 9.08. The van der Waals surface area contributed by atoms with Crippen molar-refractivity contribution >= 4 is 25.2 Å². The molecule has 9 nitrogen and oxygen atoms in total. The molecule has 2 heterocycles. The smallest absolute Gasteiger partial charge is 0.382 e. The number of anilines is 1. The van der Waals surface area contributed by atoms with E-state index in [2.05, 4.69) is 19.5 Å². The molecule has 0 aromatic carbocycles. The van der Waals surface area contributed by atoms with E-state index in [1.165, 1.54) is 6.33 Å². The van der Waals surface area contributed by atoms with Crippen molar-refractivity contribution in [2.45, 2.75) is 19.6 Å². The topological polar surface area (TPSA) is 125 Å². The summed E-state index contributed by atoms with van der Waals surface area (Å²) in [7, 11) is -2.65. The Kier molecular flexibility index (Phi) is 4.33. The standard InChI is InChI=1S/C9H12N5O4P/c1-6(17-5-18-19(15)16)2-14-4-13-7-8(10)11-3-12-9(7)14/h3-4,6H,2,5H2,1H3,(H2-,10,11,12,15,16)/p+1/t6-/m1/s1. The predicted molar refractivity (Wildman–Crippen MR) is 66.1 cm³/mol. The molecule has 2 atom stereocenters. The van der Waals surface area contributed by atoms with Gasteiger partial charge in [-0.25, -0.2) is 15.0 Å². The number of fused-ring (bicyclic) bond motifs is 1. The number of ether oxygens (including phenoxy) is 1. The molecule has 1 unspecified atom stereocenters. The van der Waals surface area contributed by atoms with Crippen LogP contribution in [-0.4, -0.2) is 37.3 Å². The molecule has 0 aliphatic carbocycles. The van der Waals surface area contributed by atoms with Crippen molar-refractivity contribution in [2.24, 2.45) is 0 Å². The van der Waals surface area contributed by atoms with Crippen LogP contribution in [0.2, 0.25) is 0 Å². The first-order valence-electron chi connectivity index (χ1n) is 5.40. The summed E-state index contributed by atoms with van der Waals surface area (Å²) in [5.74, 6) is 0.318. The van der Waals surface area contributed by atoms with Gasteiger partial charge in [0.05, 0.1) is 19.0 Å². The second kappa shape index (κ2) is 5.98. The van der Waals surface area contributed by atoms with E-state index in [0.29, 0.717) is 23.5 Å². The van der Waals surface area contributed by atoms with Crippen LogP contribution in [0.3, 0.4) is 0 Å². The lowest BCUT2D eigenvalue weighted by Crippen LogP contribution is -2.17. The molecule has 0 saturated heterocycles. The third-order valence-corrected chi connectivity index (χ3v) is 2.73. The maximum Gasteiger partial charge on any atom is 0.697 e. The Morgan fingerprint density at radius 2 is 2.32 bits per heavy atom. The summed E-state index contributed by atoms with van der Waals surface area (Å²) < 4.78 is 21.7. The van der Waals surface area contributed by atoms with E-state index in [1.807, 2.05) is 0 Å². The number of hydrogen-bond acceptors (Lipinski definition) is 7. The first-order valence-corrected chi connectivity index (χ1v) is 6.53. The molecule has 0 fully saturated rings. The molecule has 19 heavy (non-hydrogen) atoms. The zero-order valence-corrected chi connectivity index (χ0v) is 11.0. The largest absolute Gasteiger partial charge is 0.697 e. The average Bonchev–Trinajstić information content (AvgIpc) is 2.73. The SMILES string of the molecule is C[C@H](Cn1cnc2c(N)ncnc21)OCO[P+](=O)O. The highest BCUT2D eigenvalue weighted by atomic mass is 31.1. The number of hydrogen-bond donors (Lipinski definition) is 2. The minimum atomic E-state index is -2.65. The summed E-state index contributed by atoms with van der Waals surface area (Å²) in [6.07, 6.45) is 2.70. The van der Waals surface area contributed by atoms with Gasteiger partial charge in [-0.05, 0) is 6.92 Å². The van der Waals surface area contributed by atoms with Crippen molar-refractivity contribution in [3.63, 3.8) is 0 Å². The van der Waals surface area contributed by atoms with Gasteiger partial charge in [-0.15, -0.1) is 4.89 Å². The predicted octanol–water partition coefficient (Wildman–Crippen LogP) is 0.437. The zero-order valence-electron chi connectivity index (χ0n) is 10.1. The minimum Gasteiger partial charge on any atom is -0.382 e. The van der Waals surface area contributed by atoms with Crippen molar-refractivity contribution < 1.29 is 18.7 Å². The number of nitrogens with zero attached hydrogens (tertiary/aromatic N) is 4. The lowest BCUT2D eigenvalue weighted by molar-refractivity contribution is -0.0346. The van der Waals surface area contributed by atoms with Crippen LogP contribution in [0.4, 0.5) is 5.82 Å². The molecule has 0 spiro atoms. The van der Waals surface area contributed by atoms with Crippen molar-refractivity contribution in [1.29, 1.82) is 0 Å². The summed E-state index contributed by atoms with van der Waals surface area (Å²) >= 11 is 0. The summed E-state index contributed by atoms with van der Waals surface area (Å²) in [4.78, 5) is 20.5. The van der Waals surface area contributed by atoms with Crippen LogP contribution in [0.15, 0.2) is 12.7 Å². The maximum atomic E-state index is 10.3. The Morgan fingerprint density at radius 1 is 1.53 bits per heavy atom. The van der Waals surface area contributed by atoms with E-state index in [9.17, 15) is 4.57 Å². The summed E-state index contributed by atoms with van der Waals surface area (Å²) in [5, 5.41) is 0. The van der Waals surface area contributed by atoms with Crippen LogP contribution in [0.1, 0.15) is 6.92 Å². The molecule has 0 saturated carbocycles. The van der Waals surface area contributed by atoms with E-state index < -0.39 is 8.25 Å². The van der Waals surface area contributed by atoms with E-state index in [4.69, 9.17) is 15.4 Å². The Bertz CT molecular complexity index is 589. The zero-order chi connectivity index (χ0) is 13.8. The average molecular weight is 286 g/mol. The van der Waals surface area contributed by atoms with Gasteiger partial charge in [0.1, 0.15) is 11.8 Å². The number of nitrogens with two attached hydrogens (primary N) is 1. The quantitative estimate of drug-likeness (QED) is 0.578. The highest BCUT2D eigenvalue weighted by Crippen LogP contribution is 2.16. The van der Waals surface area contributed by atoms with Gasteiger partial charge in [0.15, 0.2) is 11.5 Å². The lowest BCUT2D eigenvalue weighted by atomic mass is 10.4. The molecule has 2 aromatic rings. The van der Waals surface area contributed by atoms with E-state index in [1.54, 1.807) is 17.8 Å². The fourth-order valence-corrected chi connectivity index (χ4v) is 1.70. The highest BCUT2D eigenvalue weighted by molar-refractivity contribution is 7.32. The molecule has 2 aromatic heterocycles. The first kappa shape index (κ1) is 13.8. The molecule has 0 amide bonds. The van der Waals surface area contributed by atoms with Gasteiger partial charge in [0.2, 0.25) is 6.79 Å². The minimum absolute atomic E-state index is 0.247. The van der Waals surface area contributed by atoms with Gasteiger partial charge in [0, 0.05) is 4.57 Å². The molecule has 0 bridgehead atoms. The molecule has 2 rings (SSSR count). The van der Waals surface area contributed by atoms with E-state index in [-0.39, 0.29) is 12.9 Å². The molecule has 0 aliphatic rings. The fourth-order valence-electron chi connectivity index (χ4n) is 1.55. The van der Waals surface area contributed by atoms with E-state index >= 15 is 0 Å². The molecule has 0 aliphatic heterocycles. The van der Waals surface area contributed by atoms with Crippen LogP contribution in [0.5, 0.6) is 0 Å². The third kappa shape index (κ3) is 3.42. The van der Waals surface area contributed by atoms with Crippen molar-refractivity contribution in [3.05, 3.63) is 12.7 Å². The van der Waals surface area contributed by atoms with Gasteiger partial charge < -0.3 is 15.0 Å². The van der Waals surface area contributed by atoms with Crippen molar-refractivity contribution in [1.82, 2.24) is 19.5 Å². The maximum absolute atomic E-state index is 10.3. The summed E-state index contributed by atoms with van der Waals surface area (Å²) in [6, 6.07) is 0. The Balaban J connectivity index is 2.01. The fraction of sp³-hybridized carbons (Fsp3) is 0.444. The number of aromatic nitrogens is 4. The van der Waals surface area contributed by atoms with Gasteiger partial charge in [-0.1, -0.05) is 4.52 Å². The molecule has 102 valence electrons. The van der Waals surface area contributed by atoms with Gasteiger partial charge >= 0.3 is 8.25 Å². The Hall–Kier alpha value is -1.67. The summed E-state index contributed by atoms with van der Waals surface area (Å²) in [6.45, 7) is 2.00. The monoisotopic (exact) mass is 286 g/mol. The van der Waals surface area contributed by atoms with Crippen LogP contribution < -0.4 is 5.73 Å². The van der Waals surface area contributed by atoms with Crippen LogP contribution in [0, 0.1) is 0 Å². The third-order valence-electron chi connectivity index (χ3n) is 2.40. The van der Waals surface area contributed by atoms with Gasteiger partial charge in [-0.3, -0.25) is 0 Å². The second-order valence-corrected chi connectivity index (χ2v) is 4.52. The highest BCUT2D eigenvalue weighted by Gasteiger charge is 2.14. The number of rotatable bonds is 6. The molecular weight excluding hydrogens is 273 g/mol. The van der Waals surface area contributed by atoms with E-state index in [0.717, 1.165) is 0 Å². The van der Waals surface area contributed by atoms with Crippen LogP contribution in [-0.2, 0) is 20.4 Å². The number of imidazole rings is 1. The molecule has 3 N–H and O–H groups in total. The Morgan fingerprint density at radius 3 is 3.05 bits per heavy atom.